The van der Waals surface area contributed by atoms with Gasteiger partial charge in [-0.25, -0.2) is 0 Å². The average molecular weight is 427 g/mol. The van der Waals surface area contributed by atoms with Crippen molar-refractivity contribution < 1.29 is 4.74 Å². The highest BCUT2D eigenvalue weighted by Gasteiger charge is 2.09. The summed E-state index contributed by atoms with van der Waals surface area (Å²) in [5.74, 6) is 0.873. The number of hydrogen-bond acceptors (Lipinski definition) is 2. The summed E-state index contributed by atoms with van der Waals surface area (Å²) in [6, 6.07) is 12.8. The summed E-state index contributed by atoms with van der Waals surface area (Å²) in [5, 5.41) is 3.45. The lowest BCUT2D eigenvalue weighted by Gasteiger charge is -2.13. The van der Waals surface area contributed by atoms with Gasteiger partial charge >= 0.3 is 0 Å². The minimum absolute atomic E-state index is 0.721. The van der Waals surface area contributed by atoms with Gasteiger partial charge < -0.3 is 10.1 Å². The fraction of sp³-hybridized carbons (Fsp3) is 0.333. The maximum Gasteiger partial charge on any atom is 0.147 e. The van der Waals surface area contributed by atoms with Gasteiger partial charge in [-0.1, -0.05) is 26.0 Å². The Kier molecular flexibility index (Phi) is 6.77. The topological polar surface area (TPSA) is 21.3 Å². The molecule has 0 unspecified atom stereocenters. The van der Waals surface area contributed by atoms with Crippen molar-refractivity contribution in [1.82, 2.24) is 0 Å². The third-order valence-corrected chi connectivity index (χ3v) is 4.55. The highest BCUT2D eigenvalue weighted by molar-refractivity contribution is 9.11. The van der Waals surface area contributed by atoms with E-state index in [1.54, 1.807) is 0 Å². The molecule has 0 spiro atoms. The van der Waals surface area contributed by atoms with Gasteiger partial charge in [0, 0.05) is 12.2 Å². The van der Waals surface area contributed by atoms with E-state index in [1.807, 2.05) is 0 Å². The van der Waals surface area contributed by atoms with Crippen molar-refractivity contribution in [1.29, 1.82) is 0 Å². The van der Waals surface area contributed by atoms with Crippen LogP contribution >= 0.6 is 31.9 Å². The van der Waals surface area contributed by atoms with Crippen LogP contribution < -0.4 is 10.1 Å². The molecule has 4 heteroatoms. The highest BCUT2D eigenvalue weighted by atomic mass is 79.9. The molecule has 2 rings (SSSR count). The van der Waals surface area contributed by atoms with Crippen LogP contribution in [0.5, 0.6) is 5.75 Å². The van der Waals surface area contributed by atoms with Gasteiger partial charge in [0.1, 0.15) is 5.75 Å². The van der Waals surface area contributed by atoms with E-state index in [-0.39, 0.29) is 0 Å². The lowest BCUT2D eigenvalue weighted by atomic mass is 10.1. The van der Waals surface area contributed by atoms with E-state index in [0.29, 0.717) is 0 Å². The van der Waals surface area contributed by atoms with E-state index in [1.165, 1.54) is 11.1 Å². The Morgan fingerprint density at radius 1 is 0.955 bits per heavy atom. The highest BCUT2D eigenvalue weighted by Crippen LogP contribution is 2.35. The van der Waals surface area contributed by atoms with E-state index in [0.717, 1.165) is 46.4 Å². The van der Waals surface area contributed by atoms with Gasteiger partial charge in [-0.05, 0) is 80.1 Å². The summed E-state index contributed by atoms with van der Waals surface area (Å²) in [4.78, 5) is 0. The summed E-state index contributed by atoms with van der Waals surface area (Å²) in [5.41, 5.74) is 3.69. The van der Waals surface area contributed by atoms with Gasteiger partial charge in [-0.15, -0.1) is 0 Å². The zero-order valence-electron chi connectivity index (χ0n) is 13.0. The van der Waals surface area contributed by atoms with E-state index >= 15 is 0 Å². The lowest BCUT2D eigenvalue weighted by Crippen LogP contribution is -2.02. The Morgan fingerprint density at radius 3 is 2.14 bits per heavy atom. The van der Waals surface area contributed by atoms with Crippen molar-refractivity contribution in [2.75, 3.05) is 11.9 Å². The van der Waals surface area contributed by atoms with Gasteiger partial charge in [0.15, 0.2) is 0 Å². The predicted octanol–water partition coefficient (Wildman–Crippen LogP) is 6.17. The second-order valence-corrected chi connectivity index (χ2v) is 6.85. The van der Waals surface area contributed by atoms with Gasteiger partial charge in [0.05, 0.1) is 15.6 Å². The van der Waals surface area contributed by atoms with E-state index in [4.69, 9.17) is 4.74 Å². The number of anilines is 1. The molecule has 0 saturated heterocycles. The second-order valence-electron chi connectivity index (χ2n) is 5.14. The van der Waals surface area contributed by atoms with Crippen molar-refractivity contribution in [2.45, 2.75) is 33.2 Å². The molecule has 0 heterocycles. The molecule has 2 aromatic carbocycles. The van der Waals surface area contributed by atoms with Gasteiger partial charge in [0.2, 0.25) is 0 Å². The van der Waals surface area contributed by atoms with Crippen LogP contribution in [0.4, 0.5) is 5.69 Å². The van der Waals surface area contributed by atoms with Crippen LogP contribution in [-0.2, 0) is 13.0 Å². The number of hydrogen-bond donors (Lipinski definition) is 1. The van der Waals surface area contributed by atoms with E-state index < -0.39 is 0 Å². The number of nitrogens with one attached hydrogen (secondary N) is 1. The summed E-state index contributed by atoms with van der Waals surface area (Å²) in [6.45, 7) is 5.76. The van der Waals surface area contributed by atoms with Crippen LogP contribution in [-0.4, -0.2) is 6.61 Å². The van der Waals surface area contributed by atoms with Crippen molar-refractivity contribution in [3.05, 3.63) is 56.5 Å². The molecule has 0 bridgehead atoms. The van der Waals surface area contributed by atoms with Gasteiger partial charge in [0.25, 0.3) is 0 Å². The lowest BCUT2D eigenvalue weighted by molar-refractivity contribution is 0.313. The van der Waals surface area contributed by atoms with Crippen molar-refractivity contribution in [2.24, 2.45) is 0 Å². The third kappa shape index (κ3) is 4.75. The van der Waals surface area contributed by atoms with Crippen LogP contribution in [0.2, 0.25) is 0 Å². The maximum absolute atomic E-state index is 5.75. The first kappa shape index (κ1) is 17.4. The van der Waals surface area contributed by atoms with Crippen LogP contribution in [0.1, 0.15) is 31.4 Å². The van der Waals surface area contributed by atoms with Gasteiger partial charge in [-0.3, -0.25) is 0 Å². The smallest absolute Gasteiger partial charge is 0.147 e. The number of halogens is 2. The van der Waals surface area contributed by atoms with E-state index in [2.05, 4.69) is 87.4 Å². The predicted molar refractivity (Wildman–Crippen MR) is 101 cm³/mol. The maximum atomic E-state index is 5.75. The summed E-state index contributed by atoms with van der Waals surface area (Å²) < 4.78 is 7.71. The Bertz CT molecular complexity index is 588. The minimum atomic E-state index is 0.721. The van der Waals surface area contributed by atoms with Crippen LogP contribution in [0, 0.1) is 0 Å². The summed E-state index contributed by atoms with van der Waals surface area (Å²) >= 11 is 7.18. The van der Waals surface area contributed by atoms with Gasteiger partial charge in [-0.2, -0.15) is 0 Å². The molecule has 0 saturated carbocycles. The average Bonchev–Trinajstić information content (AvgIpc) is 2.52. The number of rotatable bonds is 7. The molecule has 0 aliphatic carbocycles. The quantitative estimate of drug-likeness (QED) is 0.571. The molecule has 118 valence electrons. The number of ether oxygens (including phenoxy) is 1. The molecule has 22 heavy (non-hydrogen) atoms. The fourth-order valence-corrected chi connectivity index (χ4v) is 3.63. The SMILES string of the molecule is CCCOc1c(Br)cc(CNc2ccc(CC)cc2)cc1Br. The number of benzene rings is 2. The number of aryl methyl sites for hydroxylation is 1. The first-order chi connectivity index (χ1) is 10.6. The van der Waals surface area contributed by atoms with Crippen molar-refractivity contribution >= 4 is 37.5 Å². The first-order valence-electron chi connectivity index (χ1n) is 7.57. The fourth-order valence-electron chi connectivity index (χ4n) is 2.12. The zero-order valence-corrected chi connectivity index (χ0v) is 16.1. The summed E-state index contributed by atoms with van der Waals surface area (Å²) in [7, 11) is 0. The van der Waals surface area contributed by atoms with Crippen LogP contribution in [0.25, 0.3) is 0 Å². The summed E-state index contributed by atoms with van der Waals surface area (Å²) in [6.07, 6.45) is 2.06. The van der Waals surface area contributed by atoms with Crippen molar-refractivity contribution in [3.63, 3.8) is 0 Å². The molecule has 2 aromatic rings. The molecule has 1 N–H and O–H groups in total. The molecule has 2 nitrogen and oxygen atoms in total. The molecule has 0 aliphatic rings. The van der Waals surface area contributed by atoms with E-state index in [9.17, 15) is 0 Å². The zero-order chi connectivity index (χ0) is 15.9. The Hall–Kier alpha value is -1.00. The molecule has 0 atom stereocenters. The first-order valence-corrected chi connectivity index (χ1v) is 9.16. The largest absolute Gasteiger partial charge is 0.491 e. The molecular weight excluding hydrogens is 406 g/mol. The normalized spacial score (nSPS) is 10.5. The van der Waals surface area contributed by atoms with Crippen molar-refractivity contribution in [3.8, 4) is 5.75 Å². The Labute approximate surface area is 149 Å². The molecular formula is C18H21Br2NO. The molecule has 0 amide bonds. The minimum Gasteiger partial charge on any atom is -0.491 e. The monoisotopic (exact) mass is 425 g/mol. The molecule has 0 fully saturated rings. The molecule has 0 aromatic heterocycles. The standard InChI is InChI=1S/C18H21Br2NO/c1-3-9-22-18-16(19)10-14(11-17(18)20)12-21-15-7-5-13(4-2)6-8-15/h5-8,10-11,21H,3-4,9,12H2,1-2H3. The third-order valence-electron chi connectivity index (χ3n) is 3.37. The molecule has 0 aliphatic heterocycles. The Balaban J connectivity index is 2.03. The van der Waals surface area contributed by atoms with Crippen LogP contribution in [0.15, 0.2) is 45.3 Å². The Morgan fingerprint density at radius 2 is 1.59 bits per heavy atom. The van der Waals surface area contributed by atoms with Crippen LogP contribution in [0.3, 0.4) is 0 Å². The second kappa shape index (κ2) is 8.59. The molecule has 0 radical (unpaired) electrons.